The number of nitrogens with two attached hydrogens (primary N) is 1. The number of nitrogens with zero attached hydrogens (tertiary/aromatic N) is 1. The number of nitrogens with one attached hydrogen (secondary N) is 3. The number of hydrogen-bond acceptors (Lipinski definition) is 4. The molecule has 7 nitrogen and oxygen atoms in total. The van der Waals surface area contributed by atoms with E-state index in [1.165, 1.54) is 6.20 Å². The molecule has 0 saturated heterocycles. The molecule has 5 N–H and O–H groups in total. The smallest absolute Gasteiger partial charge is 0.325 e. The molecule has 0 spiro atoms. The third kappa shape index (κ3) is 3.02. The molecule has 0 fully saturated rings. The van der Waals surface area contributed by atoms with E-state index >= 15 is 0 Å². The van der Waals surface area contributed by atoms with Gasteiger partial charge < -0.3 is 10.7 Å². The van der Waals surface area contributed by atoms with Gasteiger partial charge >= 0.3 is 5.69 Å². The van der Waals surface area contributed by atoms with Gasteiger partial charge in [0.2, 0.25) is 0 Å². The van der Waals surface area contributed by atoms with Crippen LogP contribution in [0.4, 0.5) is 0 Å². The monoisotopic (exact) mass is 227 g/mol. The van der Waals surface area contributed by atoms with Gasteiger partial charge in [-0.25, -0.2) is 4.79 Å². The number of aromatic nitrogens is 2. The molecule has 0 atom stereocenters. The molecular formula is C7H9N5O2S. The molecule has 0 unspecified atom stereocenters. The summed E-state index contributed by atoms with van der Waals surface area (Å²) in [6.07, 6.45) is 1.27. The molecule has 15 heavy (non-hydrogen) atoms. The second-order valence-electron chi connectivity index (χ2n) is 2.66. The van der Waals surface area contributed by atoms with Gasteiger partial charge in [-0.1, -0.05) is 0 Å². The molecule has 1 aromatic heterocycles. The van der Waals surface area contributed by atoms with Crippen LogP contribution in [-0.4, -0.2) is 20.8 Å². The van der Waals surface area contributed by atoms with E-state index in [1.54, 1.807) is 6.92 Å². The summed E-state index contributed by atoms with van der Waals surface area (Å²) in [5, 5.41) is 3.74. The molecule has 0 aliphatic heterocycles. The number of hydrazone groups is 1. The maximum absolute atomic E-state index is 11.3. The average Bonchev–Trinajstić information content (AvgIpc) is 2.14. The number of thiocarbonyl (C=S) groups is 1. The molecule has 0 saturated carbocycles. The van der Waals surface area contributed by atoms with Crippen LogP contribution in [0.2, 0.25) is 0 Å². The Labute approximate surface area is 89.4 Å². The van der Waals surface area contributed by atoms with Crippen LogP contribution in [0, 0.1) is 0 Å². The third-order valence-corrected chi connectivity index (χ3v) is 1.63. The number of H-pyrrole nitrogens is 2. The molecule has 1 aromatic rings. The Hall–Kier alpha value is -1.96. The van der Waals surface area contributed by atoms with Gasteiger partial charge in [0, 0.05) is 6.20 Å². The van der Waals surface area contributed by atoms with Crippen molar-refractivity contribution in [3.63, 3.8) is 0 Å². The van der Waals surface area contributed by atoms with Crippen LogP contribution in [-0.2, 0) is 0 Å². The Morgan fingerprint density at radius 3 is 2.80 bits per heavy atom. The molecule has 0 aromatic carbocycles. The van der Waals surface area contributed by atoms with Gasteiger partial charge in [-0.2, -0.15) is 5.10 Å². The maximum Gasteiger partial charge on any atom is 0.325 e. The van der Waals surface area contributed by atoms with Gasteiger partial charge in [0.1, 0.15) is 0 Å². The average molecular weight is 227 g/mol. The van der Waals surface area contributed by atoms with Gasteiger partial charge in [-0.15, -0.1) is 0 Å². The summed E-state index contributed by atoms with van der Waals surface area (Å²) in [7, 11) is 0. The Morgan fingerprint density at radius 2 is 2.27 bits per heavy atom. The largest absolute Gasteiger partial charge is 0.375 e. The SMILES string of the molecule is C/C(=N/NC(N)=S)c1c[nH]c(=O)[nH]c1=O. The Kier molecular flexibility index (Phi) is 3.34. The first kappa shape index (κ1) is 11.1. The summed E-state index contributed by atoms with van der Waals surface area (Å²) in [6, 6.07) is 0. The number of hydrogen-bond donors (Lipinski definition) is 4. The molecule has 0 aliphatic carbocycles. The highest BCUT2D eigenvalue weighted by molar-refractivity contribution is 7.80. The highest BCUT2D eigenvalue weighted by atomic mass is 32.1. The molecule has 0 radical (unpaired) electrons. The van der Waals surface area contributed by atoms with Crippen molar-refractivity contribution in [2.24, 2.45) is 10.8 Å². The van der Waals surface area contributed by atoms with Gasteiger partial charge in [0.15, 0.2) is 5.11 Å². The van der Waals surface area contributed by atoms with E-state index in [-0.39, 0.29) is 10.7 Å². The van der Waals surface area contributed by atoms with Crippen molar-refractivity contribution in [1.29, 1.82) is 0 Å². The van der Waals surface area contributed by atoms with E-state index in [1.807, 2.05) is 0 Å². The summed E-state index contributed by atoms with van der Waals surface area (Å²) in [5.41, 5.74) is 6.99. The van der Waals surface area contributed by atoms with Crippen molar-refractivity contribution in [2.45, 2.75) is 6.92 Å². The van der Waals surface area contributed by atoms with Crippen LogP contribution in [0.1, 0.15) is 12.5 Å². The zero-order chi connectivity index (χ0) is 11.4. The van der Waals surface area contributed by atoms with Crippen LogP contribution in [0.5, 0.6) is 0 Å². The predicted molar refractivity (Wildman–Crippen MR) is 59.8 cm³/mol. The van der Waals surface area contributed by atoms with E-state index in [0.717, 1.165) is 0 Å². The topological polar surface area (TPSA) is 116 Å². The number of rotatable bonds is 2. The summed E-state index contributed by atoms with van der Waals surface area (Å²) < 4.78 is 0. The molecule has 80 valence electrons. The van der Waals surface area contributed by atoms with Crippen LogP contribution in [0.15, 0.2) is 20.9 Å². The summed E-state index contributed by atoms with van der Waals surface area (Å²) in [4.78, 5) is 26.4. The Balaban J connectivity index is 3.06. The lowest BCUT2D eigenvalue weighted by Gasteiger charge is -1.99. The minimum atomic E-state index is -0.571. The predicted octanol–water partition coefficient (Wildman–Crippen LogP) is -1.38. The lowest BCUT2D eigenvalue weighted by Crippen LogP contribution is -2.29. The number of aromatic amines is 2. The second-order valence-corrected chi connectivity index (χ2v) is 3.10. The van der Waals surface area contributed by atoms with Gasteiger partial charge in [0.25, 0.3) is 5.56 Å². The fourth-order valence-electron chi connectivity index (χ4n) is 0.878. The van der Waals surface area contributed by atoms with Crippen molar-refractivity contribution in [3.8, 4) is 0 Å². The van der Waals surface area contributed by atoms with E-state index in [4.69, 9.17) is 5.73 Å². The van der Waals surface area contributed by atoms with Crippen LogP contribution in [0.25, 0.3) is 0 Å². The molecular weight excluding hydrogens is 218 g/mol. The van der Waals surface area contributed by atoms with E-state index in [0.29, 0.717) is 5.71 Å². The maximum atomic E-state index is 11.3. The second kappa shape index (κ2) is 4.51. The van der Waals surface area contributed by atoms with E-state index in [9.17, 15) is 9.59 Å². The minimum Gasteiger partial charge on any atom is -0.375 e. The fourth-order valence-corrected chi connectivity index (χ4v) is 0.923. The first-order valence-corrected chi connectivity index (χ1v) is 4.33. The van der Waals surface area contributed by atoms with Gasteiger partial charge in [-0.3, -0.25) is 15.2 Å². The quantitative estimate of drug-likeness (QED) is 0.282. The van der Waals surface area contributed by atoms with Crippen molar-refractivity contribution in [2.75, 3.05) is 0 Å². The first-order valence-electron chi connectivity index (χ1n) is 3.93. The molecule has 8 heteroatoms. The molecule has 0 amide bonds. The van der Waals surface area contributed by atoms with Gasteiger partial charge in [0.05, 0.1) is 11.3 Å². The van der Waals surface area contributed by atoms with Crippen LogP contribution < -0.4 is 22.4 Å². The Bertz CT molecular complexity index is 515. The van der Waals surface area contributed by atoms with Crippen molar-refractivity contribution in [3.05, 3.63) is 32.6 Å². The van der Waals surface area contributed by atoms with Crippen molar-refractivity contribution < 1.29 is 0 Å². The molecule has 1 heterocycles. The van der Waals surface area contributed by atoms with Crippen molar-refractivity contribution in [1.82, 2.24) is 15.4 Å². The molecule has 0 bridgehead atoms. The fraction of sp³-hybridized carbons (Fsp3) is 0.143. The third-order valence-electron chi connectivity index (χ3n) is 1.54. The summed E-state index contributed by atoms with van der Waals surface area (Å²) in [5.74, 6) is 0. The minimum absolute atomic E-state index is 0.00444. The zero-order valence-corrected chi connectivity index (χ0v) is 8.64. The first-order chi connectivity index (χ1) is 7.00. The zero-order valence-electron chi connectivity index (χ0n) is 7.83. The summed E-state index contributed by atoms with van der Waals surface area (Å²) >= 11 is 4.53. The van der Waals surface area contributed by atoms with E-state index in [2.05, 4.69) is 32.7 Å². The molecule has 1 rings (SSSR count). The van der Waals surface area contributed by atoms with Crippen LogP contribution >= 0.6 is 12.2 Å². The summed E-state index contributed by atoms with van der Waals surface area (Å²) in [6.45, 7) is 1.58. The van der Waals surface area contributed by atoms with Crippen molar-refractivity contribution >= 4 is 23.0 Å². The highest BCUT2D eigenvalue weighted by Gasteiger charge is 2.03. The lowest BCUT2D eigenvalue weighted by atomic mass is 10.2. The van der Waals surface area contributed by atoms with Gasteiger partial charge in [-0.05, 0) is 19.1 Å². The van der Waals surface area contributed by atoms with E-state index < -0.39 is 11.2 Å². The standard InChI is InChI=1S/C7H9N5O2S/c1-3(11-12-6(8)15)4-2-9-7(14)10-5(4)13/h2H,1H3,(H3,8,12,15)(H2,9,10,13,14)/b11-3-. The lowest BCUT2D eigenvalue weighted by molar-refractivity contribution is 1.00. The Morgan fingerprint density at radius 1 is 1.60 bits per heavy atom. The van der Waals surface area contributed by atoms with Crippen LogP contribution in [0.3, 0.4) is 0 Å². The molecule has 0 aliphatic rings. The normalized spacial score (nSPS) is 11.1. The highest BCUT2D eigenvalue weighted by Crippen LogP contribution is 1.87.